The molecule has 1 amide bonds. The molecule has 2 fully saturated rings. The van der Waals surface area contributed by atoms with Gasteiger partial charge in [0.15, 0.2) is 0 Å². The summed E-state index contributed by atoms with van der Waals surface area (Å²) in [5, 5.41) is 3.85. The van der Waals surface area contributed by atoms with Crippen LogP contribution >= 0.6 is 0 Å². The first-order chi connectivity index (χ1) is 12.4. The van der Waals surface area contributed by atoms with E-state index in [1.165, 1.54) is 19.3 Å². The van der Waals surface area contributed by atoms with Crippen molar-refractivity contribution in [1.29, 1.82) is 0 Å². The van der Waals surface area contributed by atoms with Crippen LogP contribution in [0.5, 0.6) is 0 Å². The molecule has 1 spiro atoms. The summed E-state index contributed by atoms with van der Waals surface area (Å²) in [6.45, 7) is 8.49. The number of hydrogen-bond donors (Lipinski definition) is 1. The summed E-state index contributed by atoms with van der Waals surface area (Å²) in [5.74, 6) is 0.669. The Bertz CT molecular complexity index is 673. The third kappa shape index (κ3) is 3.48. The first-order valence-electron chi connectivity index (χ1n) is 10.2. The maximum atomic E-state index is 12.2. The molecule has 1 aromatic carbocycles. The zero-order valence-corrected chi connectivity index (χ0v) is 16.4. The van der Waals surface area contributed by atoms with Crippen molar-refractivity contribution < 1.29 is 9.53 Å². The van der Waals surface area contributed by atoms with E-state index in [0.29, 0.717) is 17.4 Å². The molecule has 1 heterocycles. The van der Waals surface area contributed by atoms with Crippen molar-refractivity contribution in [2.24, 2.45) is 5.92 Å². The molecular formula is C22H32N2O2. The normalized spacial score (nSPS) is 28.3. The van der Waals surface area contributed by atoms with Crippen molar-refractivity contribution in [3.05, 3.63) is 35.4 Å². The minimum atomic E-state index is -0.409. The van der Waals surface area contributed by atoms with E-state index in [0.717, 1.165) is 32.5 Å². The number of carbonyl (C=O) groups is 1. The van der Waals surface area contributed by atoms with Crippen molar-refractivity contribution in [2.45, 2.75) is 69.9 Å². The Labute approximate surface area is 157 Å². The van der Waals surface area contributed by atoms with Crippen LogP contribution in [0.3, 0.4) is 0 Å². The monoisotopic (exact) mass is 356 g/mol. The van der Waals surface area contributed by atoms with Gasteiger partial charge in [0.05, 0.1) is 0 Å². The number of likely N-dealkylation sites (tertiary alicyclic amines) is 1. The average molecular weight is 357 g/mol. The zero-order chi connectivity index (χ0) is 18.4. The summed E-state index contributed by atoms with van der Waals surface area (Å²) in [4.78, 5) is 14.0. The summed E-state index contributed by atoms with van der Waals surface area (Å²) in [7, 11) is 0. The molecule has 0 unspecified atom stereocenters. The Morgan fingerprint density at radius 2 is 2.00 bits per heavy atom. The van der Waals surface area contributed by atoms with Crippen LogP contribution in [0.2, 0.25) is 0 Å². The molecule has 2 aliphatic carbocycles. The highest BCUT2D eigenvalue weighted by atomic mass is 16.6. The van der Waals surface area contributed by atoms with Crippen LogP contribution in [0.4, 0.5) is 4.79 Å². The molecule has 4 rings (SSSR count). The molecule has 142 valence electrons. The number of hydrogen-bond acceptors (Lipinski definition) is 3. The van der Waals surface area contributed by atoms with Gasteiger partial charge in [-0.2, -0.15) is 0 Å². The van der Waals surface area contributed by atoms with Crippen LogP contribution in [0.15, 0.2) is 24.3 Å². The van der Waals surface area contributed by atoms with E-state index in [9.17, 15) is 4.79 Å². The maximum absolute atomic E-state index is 12.2. The van der Waals surface area contributed by atoms with Gasteiger partial charge in [0.2, 0.25) is 0 Å². The van der Waals surface area contributed by atoms with Gasteiger partial charge in [-0.3, -0.25) is 0 Å². The Balaban J connectivity index is 1.23. The summed E-state index contributed by atoms with van der Waals surface area (Å²) in [6, 6.07) is 9.64. The first kappa shape index (κ1) is 17.8. The van der Waals surface area contributed by atoms with E-state index < -0.39 is 5.60 Å². The summed E-state index contributed by atoms with van der Waals surface area (Å²) in [5.41, 5.74) is 3.17. The molecule has 1 saturated heterocycles. The van der Waals surface area contributed by atoms with Gasteiger partial charge < -0.3 is 15.0 Å². The molecule has 0 radical (unpaired) electrons. The first-order valence-corrected chi connectivity index (χ1v) is 10.2. The van der Waals surface area contributed by atoms with Gasteiger partial charge in [0.1, 0.15) is 5.60 Å². The number of aryl methyl sites for hydroxylation is 1. The molecule has 1 aromatic rings. The SMILES string of the molecule is CC(C)(C)OC(=O)N1CCC(CN[C@@H]2C[C@@]23CCc2ccccc23)CC1. The van der Waals surface area contributed by atoms with Crippen molar-refractivity contribution in [3.63, 3.8) is 0 Å². The molecule has 3 aliphatic rings. The molecule has 4 heteroatoms. The fraction of sp³-hybridized carbons (Fsp3) is 0.682. The minimum absolute atomic E-state index is 0.160. The number of benzene rings is 1. The summed E-state index contributed by atoms with van der Waals surface area (Å²) in [6.07, 6.45) is 5.82. The number of piperidine rings is 1. The highest BCUT2D eigenvalue weighted by Gasteiger charge is 2.57. The summed E-state index contributed by atoms with van der Waals surface area (Å²) < 4.78 is 5.49. The van der Waals surface area contributed by atoms with Crippen molar-refractivity contribution in [3.8, 4) is 0 Å². The predicted octanol–water partition coefficient (Wildman–Crippen LogP) is 3.88. The van der Waals surface area contributed by atoms with Crippen LogP contribution in [0.25, 0.3) is 0 Å². The Morgan fingerprint density at radius 3 is 2.73 bits per heavy atom. The third-order valence-corrected chi connectivity index (χ3v) is 6.39. The van der Waals surface area contributed by atoms with Gasteiger partial charge in [-0.15, -0.1) is 0 Å². The maximum Gasteiger partial charge on any atom is 0.410 e. The lowest BCUT2D eigenvalue weighted by Crippen LogP contribution is -2.43. The smallest absolute Gasteiger partial charge is 0.410 e. The molecule has 0 bridgehead atoms. The Kier molecular flexibility index (Phi) is 4.50. The van der Waals surface area contributed by atoms with Crippen molar-refractivity contribution in [1.82, 2.24) is 10.2 Å². The Morgan fingerprint density at radius 1 is 1.27 bits per heavy atom. The van der Waals surface area contributed by atoms with E-state index in [-0.39, 0.29) is 6.09 Å². The molecular weight excluding hydrogens is 324 g/mol. The second-order valence-corrected chi connectivity index (χ2v) is 9.39. The van der Waals surface area contributed by atoms with Crippen LogP contribution in [-0.4, -0.2) is 42.3 Å². The molecule has 0 aromatic heterocycles. The quantitative estimate of drug-likeness (QED) is 0.894. The summed E-state index contributed by atoms with van der Waals surface area (Å²) >= 11 is 0. The number of nitrogens with one attached hydrogen (secondary N) is 1. The highest BCUT2D eigenvalue weighted by molar-refractivity contribution is 5.68. The number of carbonyl (C=O) groups excluding carboxylic acids is 1. The Hall–Kier alpha value is -1.55. The van der Waals surface area contributed by atoms with E-state index in [1.54, 1.807) is 11.1 Å². The largest absolute Gasteiger partial charge is 0.444 e. The standard InChI is InChI=1S/C22H32N2O2/c1-21(2,3)26-20(25)24-12-9-16(10-13-24)15-23-19-14-22(19)11-8-17-6-4-5-7-18(17)22/h4-7,16,19,23H,8-15H2,1-3H3/t19-,22-/m1/s1. The van der Waals surface area contributed by atoms with Gasteiger partial charge in [-0.1, -0.05) is 24.3 Å². The average Bonchev–Trinajstić information content (AvgIpc) is 3.19. The van der Waals surface area contributed by atoms with Crippen molar-refractivity contribution >= 4 is 6.09 Å². The van der Waals surface area contributed by atoms with Crippen LogP contribution in [0, 0.1) is 5.92 Å². The lowest BCUT2D eigenvalue weighted by Gasteiger charge is -2.33. The van der Waals surface area contributed by atoms with E-state index in [4.69, 9.17) is 4.74 Å². The number of fused-ring (bicyclic) bond motifs is 2. The number of ether oxygens (including phenoxy) is 1. The molecule has 1 saturated carbocycles. The third-order valence-electron chi connectivity index (χ3n) is 6.39. The molecule has 2 atom stereocenters. The van der Waals surface area contributed by atoms with E-state index in [1.807, 2.05) is 25.7 Å². The van der Waals surface area contributed by atoms with Gasteiger partial charge in [0.25, 0.3) is 0 Å². The van der Waals surface area contributed by atoms with E-state index in [2.05, 4.69) is 29.6 Å². The van der Waals surface area contributed by atoms with Gasteiger partial charge in [-0.05, 0) is 76.5 Å². The van der Waals surface area contributed by atoms with Crippen molar-refractivity contribution in [2.75, 3.05) is 19.6 Å². The topological polar surface area (TPSA) is 41.6 Å². The van der Waals surface area contributed by atoms with Gasteiger partial charge >= 0.3 is 6.09 Å². The lowest BCUT2D eigenvalue weighted by atomic mass is 9.95. The second-order valence-electron chi connectivity index (χ2n) is 9.39. The van der Waals surface area contributed by atoms with Gasteiger partial charge in [0, 0.05) is 24.5 Å². The van der Waals surface area contributed by atoms with Gasteiger partial charge in [-0.25, -0.2) is 4.79 Å². The zero-order valence-electron chi connectivity index (χ0n) is 16.4. The number of rotatable bonds is 3. The van der Waals surface area contributed by atoms with E-state index >= 15 is 0 Å². The number of nitrogens with zero attached hydrogens (tertiary/aromatic N) is 1. The predicted molar refractivity (Wildman–Crippen MR) is 103 cm³/mol. The van der Waals surface area contributed by atoms with Crippen LogP contribution < -0.4 is 5.32 Å². The lowest BCUT2D eigenvalue weighted by molar-refractivity contribution is 0.0184. The second kappa shape index (κ2) is 6.56. The minimum Gasteiger partial charge on any atom is -0.444 e. The van der Waals surface area contributed by atoms with Crippen LogP contribution in [-0.2, 0) is 16.6 Å². The fourth-order valence-corrected chi connectivity index (χ4v) is 4.82. The van der Waals surface area contributed by atoms with Crippen LogP contribution in [0.1, 0.15) is 57.6 Å². The molecule has 1 N–H and O–H groups in total. The molecule has 26 heavy (non-hydrogen) atoms. The highest BCUT2D eigenvalue weighted by Crippen LogP contribution is 2.56. The fourth-order valence-electron chi connectivity index (χ4n) is 4.82. The number of amides is 1. The molecule has 1 aliphatic heterocycles. The molecule has 4 nitrogen and oxygen atoms in total.